The Balaban J connectivity index is 0.00000240. The number of phenolic OH excluding ortho intramolecular Hbond substituents is 1. The van der Waals surface area contributed by atoms with Crippen molar-refractivity contribution in [2.24, 2.45) is 0 Å². The third kappa shape index (κ3) is 4.65. The fraction of sp³-hybridized carbons (Fsp3) is 0.400. The van der Waals surface area contributed by atoms with Crippen LogP contribution in [0.5, 0.6) is 5.75 Å². The molecular formula is C20H26ClN7O. The lowest BCUT2D eigenvalue weighted by atomic mass is 10.1. The van der Waals surface area contributed by atoms with Crippen LogP contribution >= 0.6 is 12.4 Å². The highest BCUT2D eigenvalue weighted by atomic mass is 35.5. The molecule has 0 aliphatic carbocycles. The minimum atomic E-state index is 0. The quantitative estimate of drug-likeness (QED) is 0.661. The van der Waals surface area contributed by atoms with E-state index in [1.54, 1.807) is 18.6 Å². The van der Waals surface area contributed by atoms with Gasteiger partial charge in [0.25, 0.3) is 0 Å². The third-order valence-corrected chi connectivity index (χ3v) is 4.86. The van der Waals surface area contributed by atoms with E-state index < -0.39 is 0 Å². The van der Waals surface area contributed by atoms with Gasteiger partial charge >= 0.3 is 0 Å². The summed E-state index contributed by atoms with van der Waals surface area (Å²) in [6, 6.07) is 6.34. The molecule has 3 aromatic rings. The predicted octanol–water partition coefficient (Wildman–Crippen LogP) is 2.74. The van der Waals surface area contributed by atoms with Crippen LogP contribution in [0.1, 0.15) is 26.0 Å². The minimum Gasteiger partial charge on any atom is -0.507 e. The molecule has 0 spiro atoms. The maximum atomic E-state index is 10.5. The summed E-state index contributed by atoms with van der Waals surface area (Å²) < 4.78 is 1.86. The van der Waals surface area contributed by atoms with Gasteiger partial charge in [0.2, 0.25) is 5.95 Å². The first-order valence-electron chi connectivity index (χ1n) is 9.54. The zero-order valence-electron chi connectivity index (χ0n) is 16.8. The lowest BCUT2D eigenvalue weighted by molar-refractivity contribution is 0.476. The van der Waals surface area contributed by atoms with Gasteiger partial charge in [0.15, 0.2) is 0 Å². The van der Waals surface area contributed by atoms with Gasteiger partial charge in [-0.15, -0.1) is 22.6 Å². The Morgan fingerprint density at radius 2 is 2.03 bits per heavy atom. The second-order valence-corrected chi connectivity index (χ2v) is 7.52. The minimum absolute atomic E-state index is 0. The molecule has 9 heteroatoms. The van der Waals surface area contributed by atoms with Gasteiger partial charge in [-0.05, 0) is 25.5 Å². The van der Waals surface area contributed by atoms with E-state index >= 15 is 0 Å². The number of rotatable bonds is 5. The van der Waals surface area contributed by atoms with Gasteiger partial charge in [-0.25, -0.2) is 9.97 Å². The highest BCUT2D eigenvalue weighted by Gasteiger charge is 2.25. The molecule has 0 saturated carbocycles. The average molecular weight is 416 g/mol. The van der Waals surface area contributed by atoms with Gasteiger partial charge in [-0.1, -0.05) is 13.8 Å². The normalized spacial score (nSPS) is 16.3. The van der Waals surface area contributed by atoms with Gasteiger partial charge in [0, 0.05) is 43.0 Å². The molecule has 154 valence electrons. The number of aromatic hydroxyl groups is 1. The molecule has 2 aromatic heterocycles. The summed E-state index contributed by atoms with van der Waals surface area (Å²) in [5, 5.41) is 22.6. The second kappa shape index (κ2) is 8.75. The van der Waals surface area contributed by atoms with E-state index in [4.69, 9.17) is 0 Å². The van der Waals surface area contributed by atoms with Crippen LogP contribution in [0.3, 0.4) is 0 Å². The Morgan fingerprint density at radius 3 is 2.66 bits per heavy atom. The number of phenols is 1. The number of aromatic nitrogens is 5. The van der Waals surface area contributed by atoms with E-state index in [1.807, 2.05) is 29.8 Å². The van der Waals surface area contributed by atoms with Crippen LogP contribution < -0.4 is 10.2 Å². The Hall–Kier alpha value is -2.71. The molecule has 0 radical (unpaired) electrons. The summed E-state index contributed by atoms with van der Waals surface area (Å²) in [7, 11) is 0. The number of anilines is 1. The van der Waals surface area contributed by atoms with Crippen LogP contribution in [-0.4, -0.2) is 55.0 Å². The van der Waals surface area contributed by atoms with E-state index in [2.05, 4.69) is 44.2 Å². The summed E-state index contributed by atoms with van der Waals surface area (Å²) in [5.74, 6) is 0.761. The Kier molecular flexibility index (Phi) is 6.34. The van der Waals surface area contributed by atoms with Crippen LogP contribution in [0.15, 0.2) is 36.9 Å². The van der Waals surface area contributed by atoms with Crippen molar-refractivity contribution in [2.75, 3.05) is 18.0 Å². The van der Waals surface area contributed by atoms with Crippen LogP contribution in [0, 0.1) is 6.92 Å². The first-order chi connectivity index (χ1) is 13.5. The van der Waals surface area contributed by atoms with E-state index in [1.165, 1.54) is 0 Å². The molecule has 4 rings (SSSR count). The molecule has 1 fully saturated rings. The number of benzene rings is 1. The smallest absolute Gasteiger partial charge is 0.245 e. The van der Waals surface area contributed by atoms with E-state index in [-0.39, 0.29) is 18.2 Å². The number of aryl methyl sites for hydroxylation is 1. The van der Waals surface area contributed by atoms with Gasteiger partial charge in [0.05, 0.1) is 23.9 Å². The number of hydrogen-bond acceptors (Lipinski definition) is 7. The summed E-state index contributed by atoms with van der Waals surface area (Å²) >= 11 is 0. The molecule has 0 bridgehead atoms. The molecule has 1 aliphatic heterocycles. The summed E-state index contributed by atoms with van der Waals surface area (Å²) in [4.78, 5) is 10.8. The van der Waals surface area contributed by atoms with Crippen molar-refractivity contribution in [1.82, 2.24) is 30.0 Å². The Morgan fingerprint density at radius 1 is 1.21 bits per heavy atom. The van der Waals surface area contributed by atoms with Crippen LogP contribution in [0.2, 0.25) is 0 Å². The predicted molar refractivity (Wildman–Crippen MR) is 115 cm³/mol. The number of halogens is 1. The van der Waals surface area contributed by atoms with Crippen LogP contribution in [0.25, 0.3) is 16.9 Å². The highest BCUT2D eigenvalue weighted by molar-refractivity contribution is 5.85. The van der Waals surface area contributed by atoms with Crippen molar-refractivity contribution >= 4 is 18.4 Å². The van der Waals surface area contributed by atoms with Crippen molar-refractivity contribution in [2.45, 2.75) is 39.3 Å². The first kappa shape index (κ1) is 21.0. The van der Waals surface area contributed by atoms with Gasteiger partial charge in [-0.2, -0.15) is 0 Å². The van der Waals surface area contributed by atoms with Crippen molar-refractivity contribution in [3.05, 3.63) is 42.6 Å². The molecule has 1 aliphatic rings. The molecule has 3 heterocycles. The molecule has 29 heavy (non-hydrogen) atoms. The molecule has 1 saturated heterocycles. The van der Waals surface area contributed by atoms with Crippen molar-refractivity contribution in [3.8, 4) is 22.7 Å². The topological polar surface area (TPSA) is 92.0 Å². The number of hydrogen-bond donors (Lipinski definition) is 2. The SMILES string of the molecule is Cc1cn(-c2ccc(-c3cnc(N4CCC(NC(C)C)C4)nn3)c(O)c2)cn1.Cl. The first-order valence-corrected chi connectivity index (χ1v) is 9.54. The number of nitrogens with zero attached hydrogens (tertiary/aromatic N) is 6. The third-order valence-electron chi connectivity index (χ3n) is 4.86. The van der Waals surface area contributed by atoms with E-state index in [9.17, 15) is 5.11 Å². The molecule has 1 atom stereocenters. The van der Waals surface area contributed by atoms with Gasteiger partial charge in [-0.3, -0.25) is 0 Å². The summed E-state index contributed by atoms with van der Waals surface area (Å²) in [6.45, 7) is 8.02. The molecular weight excluding hydrogens is 390 g/mol. The average Bonchev–Trinajstić information content (AvgIpc) is 3.30. The Bertz CT molecular complexity index is 958. The fourth-order valence-electron chi connectivity index (χ4n) is 3.55. The molecule has 2 N–H and O–H groups in total. The zero-order valence-corrected chi connectivity index (χ0v) is 17.6. The highest BCUT2D eigenvalue weighted by Crippen LogP contribution is 2.29. The summed E-state index contributed by atoms with van der Waals surface area (Å²) in [6.07, 6.45) is 6.36. The Labute approximate surface area is 176 Å². The number of nitrogens with one attached hydrogen (secondary N) is 1. The van der Waals surface area contributed by atoms with Gasteiger partial charge in [0.1, 0.15) is 11.4 Å². The lowest BCUT2D eigenvalue weighted by Gasteiger charge is -2.18. The fourth-order valence-corrected chi connectivity index (χ4v) is 3.55. The maximum Gasteiger partial charge on any atom is 0.245 e. The van der Waals surface area contributed by atoms with Crippen LogP contribution in [-0.2, 0) is 0 Å². The lowest BCUT2D eigenvalue weighted by Crippen LogP contribution is -2.37. The molecule has 1 aromatic carbocycles. The van der Waals surface area contributed by atoms with E-state index in [0.29, 0.717) is 29.3 Å². The molecule has 8 nitrogen and oxygen atoms in total. The number of imidazole rings is 1. The van der Waals surface area contributed by atoms with Crippen LogP contribution in [0.4, 0.5) is 5.95 Å². The monoisotopic (exact) mass is 415 g/mol. The van der Waals surface area contributed by atoms with Crippen molar-refractivity contribution in [3.63, 3.8) is 0 Å². The zero-order chi connectivity index (χ0) is 19.7. The second-order valence-electron chi connectivity index (χ2n) is 7.52. The van der Waals surface area contributed by atoms with Gasteiger partial charge < -0.3 is 19.9 Å². The maximum absolute atomic E-state index is 10.5. The van der Waals surface area contributed by atoms with Crippen molar-refractivity contribution < 1.29 is 5.11 Å². The largest absolute Gasteiger partial charge is 0.507 e. The standard InChI is InChI=1S/C20H25N7O.ClH/c1-13(2)23-15-6-7-26(11-15)20-21-9-18(24-25-20)17-5-4-16(8-19(17)28)27-10-14(3)22-12-27;/h4-5,8-10,12-13,15,23,28H,6-7,11H2,1-3H3;1H. The summed E-state index contributed by atoms with van der Waals surface area (Å²) in [5.41, 5.74) is 2.90. The van der Waals surface area contributed by atoms with Crippen molar-refractivity contribution in [1.29, 1.82) is 0 Å². The molecule has 1 unspecified atom stereocenters. The van der Waals surface area contributed by atoms with E-state index in [0.717, 1.165) is 30.9 Å². The molecule has 0 amide bonds.